The molecular formula is C17H17NO3. The van der Waals surface area contributed by atoms with Gasteiger partial charge in [-0.1, -0.05) is 17.9 Å². The topological polar surface area (TPSA) is 62.5 Å². The largest absolute Gasteiger partial charge is 0.469 e. The summed E-state index contributed by atoms with van der Waals surface area (Å²) in [6.45, 7) is 0.562. The number of benzene rings is 1. The van der Waals surface area contributed by atoms with Crippen molar-refractivity contribution in [1.29, 1.82) is 0 Å². The van der Waals surface area contributed by atoms with Crippen molar-refractivity contribution >= 4 is 5.91 Å². The summed E-state index contributed by atoms with van der Waals surface area (Å²) < 4.78 is 5.21. The zero-order valence-corrected chi connectivity index (χ0v) is 11.6. The number of aliphatic hydroxyl groups excluding tert-OH is 1. The molecule has 2 rings (SSSR count). The summed E-state index contributed by atoms with van der Waals surface area (Å²) in [6.07, 6.45) is 2.71. The van der Waals surface area contributed by atoms with Crippen LogP contribution in [0, 0.1) is 11.8 Å². The Morgan fingerprint density at radius 3 is 2.95 bits per heavy atom. The number of furan rings is 1. The van der Waals surface area contributed by atoms with Gasteiger partial charge in [0.1, 0.15) is 5.76 Å². The molecule has 0 aliphatic rings. The van der Waals surface area contributed by atoms with E-state index in [1.807, 2.05) is 18.2 Å². The summed E-state index contributed by atoms with van der Waals surface area (Å²) in [7, 11) is 0. The molecule has 0 atom stereocenters. The molecule has 0 bridgehead atoms. The van der Waals surface area contributed by atoms with Crippen molar-refractivity contribution in [1.82, 2.24) is 5.32 Å². The molecule has 1 amide bonds. The van der Waals surface area contributed by atoms with Crippen molar-refractivity contribution in [3.05, 3.63) is 59.5 Å². The summed E-state index contributed by atoms with van der Waals surface area (Å²) >= 11 is 0. The molecule has 4 heteroatoms. The van der Waals surface area contributed by atoms with Gasteiger partial charge in [0.25, 0.3) is 5.91 Å². The molecule has 1 aromatic carbocycles. The molecule has 0 aliphatic heterocycles. The molecule has 1 aromatic heterocycles. The van der Waals surface area contributed by atoms with Crippen LogP contribution in [0.5, 0.6) is 0 Å². The standard InChI is InChI=1S/C17H17NO3/c19-11-2-1-5-14-6-3-7-15(13-14)17(20)18-10-9-16-8-4-12-21-16/h3-4,6-8,12-13,19H,2,9-11H2,(H,18,20). The molecule has 0 aliphatic carbocycles. The van der Waals surface area contributed by atoms with Crippen molar-refractivity contribution in [2.75, 3.05) is 13.2 Å². The number of amides is 1. The van der Waals surface area contributed by atoms with Gasteiger partial charge in [-0.05, 0) is 30.3 Å². The highest BCUT2D eigenvalue weighted by Crippen LogP contribution is 2.05. The van der Waals surface area contributed by atoms with Gasteiger partial charge in [-0.15, -0.1) is 0 Å². The van der Waals surface area contributed by atoms with Crippen LogP contribution in [-0.4, -0.2) is 24.2 Å². The maximum absolute atomic E-state index is 12.0. The SMILES string of the molecule is O=C(NCCc1ccco1)c1cccc(C#CCCO)c1. The Kier molecular flexibility index (Phi) is 5.62. The number of hydrogen-bond acceptors (Lipinski definition) is 3. The van der Waals surface area contributed by atoms with Crippen LogP contribution in [-0.2, 0) is 6.42 Å². The van der Waals surface area contributed by atoms with Crippen molar-refractivity contribution in [2.45, 2.75) is 12.8 Å². The molecule has 1 heterocycles. The first-order valence-electron chi connectivity index (χ1n) is 6.80. The molecule has 2 aromatic rings. The number of hydrogen-bond donors (Lipinski definition) is 2. The third-order valence-corrected chi connectivity index (χ3v) is 2.83. The molecule has 0 radical (unpaired) electrons. The van der Waals surface area contributed by atoms with Gasteiger partial charge in [0, 0.05) is 30.5 Å². The minimum absolute atomic E-state index is 0.0416. The van der Waals surface area contributed by atoms with E-state index in [4.69, 9.17) is 9.52 Å². The molecule has 0 unspecified atom stereocenters. The number of nitrogens with one attached hydrogen (secondary N) is 1. The van der Waals surface area contributed by atoms with E-state index in [-0.39, 0.29) is 12.5 Å². The van der Waals surface area contributed by atoms with E-state index in [0.717, 1.165) is 11.3 Å². The van der Waals surface area contributed by atoms with Crippen molar-refractivity contribution in [3.8, 4) is 11.8 Å². The third-order valence-electron chi connectivity index (χ3n) is 2.83. The molecule has 0 fully saturated rings. The van der Waals surface area contributed by atoms with Crippen LogP contribution in [0.4, 0.5) is 0 Å². The second-order valence-electron chi connectivity index (χ2n) is 4.44. The lowest BCUT2D eigenvalue weighted by Crippen LogP contribution is -2.25. The van der Waals surface area contributed by atoms with Gasteiger partial charge in [0.2, 0.25) is 0 Å². The van der Waals surface area contributed by atoms with Crippen LogP contribution in [0.3, 0.4) is 0 Å². The van der Waals surface area contributed by atoms with E-state index >= 15 is 0 Å². The Labute approximate surface area is 123 Å². The Morgan fingerprint density at radius 1 is 1.29 bits per heavy atom. The van der Waals surface area contributed by atoms with E-state index < -0.39 is 0 Å². The molecule has 108 valence electrons. The molecular weight excluding hydrogens is 266 g/mol. The number of carbonyl (C=O) groups excluding carboxylic acids is 1. The van der Waals surface area contributed by atoms with E-state index in [1.165, 1.54) is 0 Å². The second-order valence-corrected chi connectivity index (χ2v) is 4.44. The van der Waals surface area contributed by atoms with Crippen LogP contribution in [0.25, 0.3) is 0 Å². The zero-order chi connectivity index (χ0) is 14.9. The van der Waals surface area contributed by atoms with E-state index in [0.29, 0.717) is 24.9 Å². The predicted molar refractivity (Wildman–Crippen MR) is 79.8 cm³/mol. The number of carbonyl (C=O) groups is 1. The fraction of sp³-hybridized carbons (Fsp3) is 0.235. The van der Waals surface area contributed by atoms with Gasteiger partial charge >= 0.3 is 0 Å². The molecule has 0 saturated heterocycles. The van der Waals surface area contributed by atoms with Crippen molar-refractivity contribution < 1.29 is 14.3 Å². The summed E-state index contributed by atoms with van der Waals surface area (Å²) in [5.74, 6) is 6.46. The summed E-state index contributed by atoms with van der Waals surface area (Å²) in [5.41, 5.74) is 1.34. The Hall–Kier alpha value is -2.51. The van der Waals surface area contributed by atoms with Gasteiger partial charge in [0.15, 0.2) is 0 Å². The number of aliphatic hydroxyl groups is 1. The fourth-order valence-corrected chi connectivity index (χ4v) is 1.81. The van der Waals surface area contributed by atoms with Crippen LogP contribution >= 0.6 is 0 Å². The van der Waals surface area contributed by atoms with Crippen LogP contribution in [0.2, 0.25) is 0 Å². The smallest absolute Gasteiger partial charge is 0.251 e. The van der Waals surface area contributed by atoms with Gasteiger partial charge in [-0.3, -0.25) is 4.79 Å². The third kappa shape index (κ3) is 4.83. The Bertz CT molecular complexity index is 636. The first-order valence-corrected chi connectivity index (χ1v) is 6.80. The van der Waals surface area contributed by atoms with Gasteiger partial charge < -0.3 is 14.8 Å². The van der Waals surface area contributed by atoms with Gasteiger partial charge in [0.05, 0.1) is 12.9 Å². The highest BCUT2D eigenvalue weighted by atomic mass is 16.3. The summed E-state index contributed by atoms with van der Waals surface area (Å²) in [6, 6.07) is 10.8. The monoisotopic (exact) mass is 283 g/mol. The number of rotatable bonds is 5. The molecule has 4 nitrogen and oxygen atoms in total. The highest BCUT2D eigenvalue weighted by molar-refractivity contribution is 5.94. The quantitative estimate of drug-likeness (QED) is 0.825. The average Bonchev–Trinajstić information content (AvgIpc) is 3.01. The Morgan fingerprint density at radius 2 is 2.19 bits per heavy atom. The van der Waals surface area contributed by atoms with E-state index in [2.05, 4.69) is 17.2 Å². The van der Waals surface area contributed by atoms with E-state index in [1.54, 1.807) is 24.5 Å². The van der Waals surface area contributed by atoms with Gasteiger partial charge in [-0.25, -0.2) is 0 Å². The zero-order valence-electron chi connectivity index (χ0n) is 11.6. The van der Waals surface area contributed by atoms with Crippen molar-refractivity contribution in [2.24, 2.45) is 0 Å². The maximum atomic E-state index is 12.0. The molecule has 21 heavy (non-hydrogen) atoms. The lowest BCUT2D eigenvalue weighted by atomic mass is 10.1. The first-order chi connectivity index (χ1) is 10.3. The molecule has 2 N–H and O–H groups in total. The van der Waals surface area contributed by atoms with Crippen LogP contribution in [0.15, 0.2) is 47.1 Å². The summed E-state index contributed by atoms with van der Waals surface area (Å²) in [5, 5.41) is 11.5. The van der Waals surface area contributed by atoms with Crippen LogP contribution in [0.1, 0.15) is 28.1 Å². The van der Waals surface area contributed by atoms with Gasteiger partial charge in [-0.2, -0.15) is 0 Å². The minimum atomic E-state index is -0.132. The summed E-state index contributed by atoms with van der Waals surface area (Å²) in [4.78, 5) is 12.0. The van der Waals surface area contributed by atoms with Crippen LogP contribution < -0.4 is 5.32 Å². The Balaban J connectivity index is 1.90. The molecule has 0 saturated carbocycles. The normalized spacial score (nSPS) is 9.76. The van der Waals surface area contributed by atoms with Crippen molar-refractivity contribution in [3.63, 3.8) is 0 Å². The fourth-order valence-electron chi connectivity index (χ4n) is 1.81. The lowest BCUT2D eigenvalue weighted by Gasteiger charge is -2.04. The average molecular weight is 283 g/mol. The minimum Gasteiger partial charge on any atom is -0.469 e. The maximum Gasteiger partial charge on any atom is 0.251 e. The lowest BCUT2D eigenvalue weighted by molar-refractivity contribution is 0.0953. The van der Waals surface area contributed by atoms with E-state index in [9.17, 15) is 4.79 Å². The predicted octanol–water partition coefficient (Wildman–Crippen LogP) is 1.99. The molecule has 0 spiro atoms. The first kappa shape index (κ1) is 14.9. The second kappa shape index (κ2) is 7.93. The highest BCUT2D eigenvalue weighted by Gasteiger charge is 2.05.